The summed E-state index contributed by atoms with van der Waals surface area (Å²) in [6.07, 6.45) is 0.793. The molecule has 1 aromatic rings. The van der Waals surface area contributed by atoms with Crippen LogP contribution in [0.4, 0.5) is 10.5 Å². The maximum atomic E-state index is 12.2. The topological polar surface area (TPSA) is 90.7 Å². The van der Waals surface area contributed by atoms with Crippen LogP contribution in [0.2, 0.25) is 0 Å². The molecule has 1 aromatic carbocycles. The van der Waals surface area contributed by atoms with E-state index < -0.39 is 23.3 Å². The van der Waals surface area contributed by atoms with Crippen LogP contribution in [0.25, 0.3) is 0 Å². The van der Waals surface area contributed by atoms with Crippen LogP contribution in [0.3, 0.4) is 0 Å². The zero-order valence-corrected chi connectivity index (χ0v) is 17.6. The van der Waals surface area contributed by atoms with Gasteiger partial charge < -0.3 is 20.5 Å². The van der Waals surface area contributed by atoms with Crippen molar-refractivity contribution in [2.45, 2.75) is 85.0 Å². The van der Waals surface area contributed by atoms with E-state index in [0.717, 1.165) is 11.1 Å². The van der Waals surface area contributed by atoms with Crippen molar-refractivity contribution in [3.63, 3.8) is 0 Å². The van der Waals surface area contributed by atoms with E-state index >= 15 is 0 Å². The van der Waals surface area contributed by atoms with Gasteiger partial charge in [0.15, 0.2) is 0 Å². The normalized spacial score (nSPS) is 13.0. The fourth-order valence-corrected chi connectivity index (χ4v) is 2.57. The molecule has 0 aromatic heterocycles. The minimum absolute atomic E-state index is 0.0812. The SMILES string of the molecule is Cc1ccc(N)cc1CCC(CC(=O)OC(C)(C)C)NC(=O)OC(C)(C)C. The summed E-state index contributed by atoms with van der Waals surface area (Å²) < 4.78 is 10.7. The fraction of sp³-hybridized carbons (Fsp3) is 0.619. The van der Waals surface area contributed by atoms with Crippen LogP contribution in [-0.2, 0) is 20.7 Å². The number of nitrogens with two attached hydrogens (primary N) is 1. The van der Waals surface area contributed by atoms with Gasteiger partial charge in [0.1, 0.15) is 11.2 Å². The van der Waals surface area contributed by atoms with Crippen LogP contribution in [-0.4, -0.2) is 29.3 Å². The van der Waals surface area contributed by atoms with Gasteiger partial charge in [-0.15, -0.1) is 0 Å². The second kappa shape index (κ2) is 9.11. The lowest BCUT2D eigenvalue weighted by molar-refractivity contribution is -0.155. The molecule has 1 atom stereocenters. The Balaban J connectivity index is 2.81. The van der Waals surface area contributed by atoms with E-state index in [1.54, 1.807) is 20.8 Å². The van der Waals surface area contributed by atoms with Gasteiger partial charge in [0.05, 0.1) is 6.42 Å². The monoisotopic (exact) mass is 378 g/mol. The maximum absolute atomic E-state index is 12.2. The van der Waals surface area contributed by atoms with E-state index in [-0.39, 0.29) is 12.4 Å². The summed E-state index contributed by atoms with van der Waals surface area (Å²) in [5.74, 6) is -0.354. The van der Waals surface area contributed by atoms with E-state index in [1.165, 1.54) is 0 Å². The van der Waals surface area contributed by atoms with Crippen molar-refractivity contribution in [1.82, 2.24) is 5.32 Å². The summed E-state index contributed by atoms with van der Waals surface area (Å²) in [5.41, 5.74) is 7.60. The van der Waals surface area contributed by atoms with Gasteiger partial charge >= 0.3 is 12.1 Å². The number of ether oxygens (including phenoxy) is 2. The van der Waals surface area contributed by atoms with Crippen molar-refractivity contribution < 1.29 is 19.1 Å². The molecule has 0 aliphatic rings. The number of hydrogen-bond acceptors (Lipinski definition) is 5. The Morgan fingerprint density at radius 3 is 2.22 bits per heavy atom. The minimum Gasteiger partial charge on any atom is -0.460 e. The van der Waals surface area contributed by atoms with Crippen molar-refractivity contribution in [3.05, 3.63) is 29.3 Å². The molecule has 0 aliphatic heterocycles. The standard InChI is InChI=1S/C21H34N2O4/c1-14-8-10-16(22)12-15(14)9-11-17(13-18(24)26-20(2,3)4)23-19(25)27-21(5,6)7/h8,10,12,17H,9,11,13,22H2,1-7H3,(H,23,25). The molecular formula is C21H34N2O4. The smallest absolute Gasteiger partial charge is 0.407 e. The number of benzene rings is 1. The van der Waals surface area contributed by atoms with E-state index in [9.17, 15) is 9.59 Å². The number of alkyl carbamates (subject to hydrolysis) is 1. The van der Waals surface area contributed by atoms with Gasteiger partial charge in [-0.25, -0.2) is 4.79 Å². The molecule has 0 heterocycles. The molecule has 0 aliphatic carbocycles. The Hall–Kier alpha value is -2.24. The molecule has 1 unspecified atom stereocenters. The van der Waals surface area contributed by atoms with Crippen molar-refractivity contribution >= 4 is 17.7 Å². The highest BCUT2D eigenvalue weighted by molar-refractivity contribution is 5.73. The number of amides is 1. The average Bonchev–Trinajstić information content (AvgIpc) is 2.43. The van der Waals surface area contributed by atoms with E-state index in [0.29, 0.717) is 18.5 Å². The first-order chi connectivity index (χ1) is 12.2. The molecule has 0 saturated heterocycles. The lowest BCUT2D eigenvalue weighted by Crippen LogP contribution is -2.41. The lowest BCUT2D eigenvalue weighted by Gasteiger charge is -2.25. The van der Waals surface area contributed by atoms with Crippen LogP contribution in [0, 0.1) is 6.92 Å². The number of esters is 1. The molecule has 0 radical (unpaired) electrons. The summed E-state index contributed by atoms with van der Waals surface area (Å²) in [6, 6.07) is 5.36. The van der Waals surface area contributed by atoms with Crippen LogP contribution >= 0.6 is 0 Å². The third kappa shape index (κ3) is 9.87. The number of nitrogen functional groups attached to an aromatic ring is 1. The van der Waals surface area contributed by atoms with Gasteiger partial charge in [-0.05, 0) is 84.6 Å². The average molecular weight is 379 g/mol. The molecule has 6 heteroatoms. The number of carbonyl (C=O) groups excluding carboxylic acids is 2. The highest BCUT2D eigenvalue weighted by Gasteiger charge is 2.24. The van der Waals surface area contributed by atoms with Gasteiger partial charge in [-0.2, -0.15) is 0 Å². The van der Waals surface area contributed by atoms with Gasteiger partial charge in [0, 0.05) is 11.7 Å². The van der Waals surface area contributed by atoms with Crippen molar-refractivity contribution in [1.29, 1.82) is 0 Å². The molecule has 0 fully saturated rings. The van der Waals surface area contributed by atoms with Crippen LogP contribution in [0.5, 0.6) is 0 Å². The minimum atomic E-state index is -0.606. The zero-order valence-electron chi connectivity index (χ0n) is 17.6. The summed E-state index contributed by atoms with van der Waals surface area (Å²) in [5, 5.41) is 2.80. The third-order valence-electron chi connectivity index (χ3n) is 3.69. The second-order valence-corrected chi connectivity index (χ2v) is 8.86. The van der Waals surface area contributed by atoms with Crippen molar-refractivity contribution in [2.75, 3.05) is 5.73 Å². The van der Waals surface area contributed by atoms with Gasteiger partial charge in [-0.3, -0.25) is 4.79 Å². The van der Waals surface area contributed by atoms with Crippen molar-refractivity contribution in [3.8, 4) is 0 Å². The number of nitrogens with one attached hydrogen (secondary N) is 1. The number of anilines is 1. The molecule has 1 rings (SSSR count). The third-order valence-corrected chi connectivity index (χ3v) is 3.69. The Morgan fingerprint density at radius 1 is 1.07 bits per heavy atom. The number of hydrogen-bond donors (Lipinski definition) is 2. The van der Waals surface area contributed by atoms with Crippen molar-refractivity contribution in [2.24, 2.45) is 0 Å². The van der Waals surface area contributed by atoms with Gasteiger partial charge in [-0.1, -0.05) is 6.07 Å². The van der Waals surface area contributed by atoms with Crippen LogP contribution in [0.1, 0.15) is 65.5 Å². The zero-order chi connectivity index (χ0) is 20.8. The molecule has 152 valence electrons. The van der Waals surface area contributed by atoms with E-state index in [2.05, 4.69) is 5.32 Å². The molecular weight excluding hydrogens is 344 g/mol. The Bertz CT molecular complexity index is 627. The largest absolute Gasteiger partial charge is 0.460 e. The summed E-state index contributed by atoms with van der Waals surface area (Å²) in [4.78, 5) is 24.4. The maximum Gasteiger partial charge on any atom is 0.407 e. The van der Waals surface area contributed by atoms with E-state index in [4.69, 9.17) is 15.2 Å². The van der Waals surface area contributed by atoms with Crippen LogP contribution in [0.15, 0.2) is 18.2 Å². The highest BCUT2D eigenvalue weighted by atomic mass is 16.6. The Labute approximate surface area is 162 Å². The molecule has 0 bridgehead atoms. The molecule has 27 heavy (non-hydrogen) atoms. The Morgan fingerprint density at radius 2 is 1.67 bits per heavy atom. The summed E-state index contributed by atoms with van der Waals surface area (Å²) in [7, 11) is 0. The predicted molar refractivity (Wildman–Crippen MR) is 108 cm³/mol. The van der Waals surface area contributed by atoms with Gasteiger partial charge in [0.2, 0.25) is 0 Å². The van der Waals surface area contributed by atoms with E-state index in [1.807, 2.05) is 45.9 Å². The molecule has 0 saturated carbocycles. The molecule has 6 nitrogen and oxygen atoms in total. The first-order valence-corrected chi connectivity index (χ1v) is 9.31. The number of carbonyl (C=O) groups is 2. The fourth-order valence-electron chi connectivity index (χ4n) is 2.57. The molecule has 1 amide bonds. The number of rotatable bonds is 6. The number of aryl methyl sites for hydroxylation is 2. The quantitative estimate of drug-likeness (QED) is 0.573. The second-order valence-electron chi connectivity index (χ2n) is 8.86. The lowest BCUT2D eigenvalue weighted by atomic mass is 9.99. The summed E-state index contributed by atoms with van der Waals surface area (Å²) in [6.45, 7) is 12.9. The highest BCUT2D eigenvalue weighted by Crippen LogP contribution is 2.18. The first-order valence-electron chi connectivity index (χ1n) is 9.31. The van der Waals surface area contributed by atoms with Gasteiger partial charge in [0.25, 0.3) is 0 Å². The van der Waals surface area contributed by atoms with Crippen LogP contribution < -0.4 is 11.1 Å². The summed E-state index contributed by atoms with van der Waals surface area (Å²) >= 11 is 0. The predicted octanol–water partition coefficient (Wildman–Crippen LogP) is 4.13. The first kappa shape index (κ1) is 22.8. The Kier molecular flexibility index (Phi) is 7.69. The molecule has 0 spiro atoms. The molecule has 3 N–H and O–H groups in total.